The van der Waals surface area contributed by atoms with Gasteiger partial charge in [-0.2, -0.15) is 4.98 Å². The van der Waals surface area contributed by atoms with Gasteiger partial charge < -0.3 is 26.4 Å². The second kappa shape index (κ2) is 10.9. The Bertz CT molecular complexity index is 1450. The van der Waals surface area contributed by atoms with Gasteiger partial charge in [-0.3, -0.25) is 29.1 Å². The lowest BCUT2D eigenvalue weighted by Crippen LogP contribution is -2.41. The molecule has 16 heteroatoms. The van der Waals surface area contributed by atoms with Crippen LogP contribution >= 0.6 is 0 Å². The van der Waals surface area contributed by atoms with Crippen LogP contribution in [0.2, 0.25) is 0 Å². The van der Waals surface area contributed by atoms with E-state index in [4.69, 9.17) is 10.8 Å². The first-order valence-corrected chi connectivity index (χ1v) is 10.4. The van der Waals surface area contributed by atoms with Crippen molar-refractivity contribution < 1.29 is 39.3 Å². The number of rotatable bonds is 9. The predicted octanol–water partition coefficient (Wildman–Crippen LogP) is -1.04. The molecule has 0 aliphatic heterocycles. The summed E-state index contributed by atoms with van der Waals surface area (Å²) in [6.07, 6.45) is 0.365. The Kier molecular flexibility index (Phi) is 7.71. The largest absolute Gasteiger partial charge is 0.481 e. The Morgan fingerprint density at radius 1 is 1.05 bits per heavy atom. The lowest BCUT2D eigenvalue weighted by atomic mass is 10.1. The van der Waals surface area contributed by atoms with Crippen LogP contribution < -0.4 is 21.5 Å². The summed E-state index contributed by atoms with van der Waals surface area (Å²) in [4.78, 5) is 85.2. The minimum Gasteiger partial charge on any atom is -0.481 e. The summed E-state index contributed by atoms with van der Waals surface area (Å²) < 4.78 is 0. The number of hydrogen-bond donors (Lipinski definition) is 6. The molecule has 16 nitrogen and oxygen atoms in total. The van der Waals surface area contributed by atoms with Crippen molar-refractivity contribution in [1.82, 2.24) is 25.3 Å². The van der Waals surface area contributed by atoms with Crippen LogP contribution in [0.3, 0.4) is 0 Å². The van der Waals surface area contributed by atoms with Gasteiger partial charge in [-0.15, -0.1) is 0 Å². The number of amides is 2. The number of carbonyl (C=O) groups excluding carboxylic acids is 2. The van der Waals surface area contributed by atoms with Crippen LogP contribution in [-0.4, -0.2) is 71.0 Å². The van der Waals surface area contributed by atoms with Crippen molar-refractivity contribution in [2.75, 3.05) is 10.6 Å². The molecular weight excluding hydrogens is 494 g/mol. The van der Waals surface area contributed by atoms with E-state index in [1.54, 1.807) is 0 Å². The van der Waals surface area contributed by atoms with Gasteiger partial charge in [0.05, 0.1) is 18.4 Å². The Balaban J connectivity index is 1.85. The molecule has 0 radical (unpaired) electrons. The Hall–Kier alpha value is -5.41. The molecule has 37 heavy (non-hydrogen) atoms. The maximum absolute atomic E-state index is 12.4. The number of benzene rings is 1. The fourth-order valence-electron chi connectivity index (χ4n) is 3.16. The number of nitrogen functional groups attached to an aromatic ring is 1. The predicted molar refractivity (Wildman–Crippen MR) is 123 cm³/mol. The molecule has 1 aromatic carbocycles. The monoisotopic (exact) mass is 513 g/mol. The molecule has 0 spiro atoms. The van der Waals surface area contributed by atoms with Crippen molar-refractivity contribution in [2.24, 2.45) is 0 Å². The summed E-state index contributed by atoms with van der Waals surface area (Å²) in [7, 11) is 0. The first-order valence-electron chi connectivity index (χ1n) is 10.4. The molecule has 1 atom stereocenters. The van der Waals surface area contributed by atoms with Gasteiger partial charge in [0, 0.05) is 17.7 Å². The zero-order chi connectivity index (χ0) is 27.3. The molecular formula is C21H19N7O9. The number of aromatic amines is 1. The van der Waals surface area contributed by atoms with Crippen LogP contribution in [0, 0.1) is 0 Å². The van der Waals surface area contributed by atoms with Gasteiger partial charge in [-0.25, -0.2) is 19.6 Å². The number of fused-ring (bicyclic) bond motifs is 1. The third-order valence-corrected chi connectivity index (χ3v) is 4.93. The number of carboxylic acid groups (broad SMARTS) is 3. The molecule has 192 valence electrons. The zero-order valence-electron chi connectivity index (χ0n) is 18.7. The number of aliphatic carboxylic acids is 3. The third kappa shape index (κ3) is 6.38. The zero-order valence-corrected chi connectivity index (χ0v) is 18.7. The topological polar surface area (TPSA) is 259 Å². The number of nitrogens with one attached hydrogen (secondary N) is 2. The minimum atomic E-state index is -1.79. The van der Waals surface area contributed by atoms with Crippen molar-refractivity contribution in [2.45, 2.75) is 25.4 Å². The van der Waals surface area contributed by atoms with Gasteiger partial charge in [0.15, 0.2) is 11.2 Å². The lowest BCUT2D eigenvalue weighted by Gasteiger charge is -2.21. The van der Waals surface area contributed by atoms with E-state index >= 15 is 0 Å². The molecule has 2 heterocycles. The highest BCUT2D eigenvalue weighted by atomic mass is 16.4. The summed E-state index contributed by atoms with van der Waals surface area (Å²) in [5.41, 5.74) is 4.58. The van der Waals surface area contributed by atoms with E-state index in [1.165, 1.54) is 30.5 Å². The normalized spacial score (nSPS) is 11.5. The molecule has 0 aliphatic rings. The number of carbonyl (C=O) groups is 5. The van der Waals surface area contributed by atoms with Crippen LogP contribution in [0.5, 0.6) is 0 Å². The molecule has 0 unspecified atom stereocenters. The molecule has 2 amide bonds. The summed E-state index contributed by atoms with van der Waals surface area (Å²) in [5, 5.41) is 29.4. The van der Waals surface area contributed by atoms with E-state index in [0.29, 0.717) is 0 Å². The number of H-pyrrole nitrogens is 1. The smallest absolute Gasteiger partial charge is 0.394 e. The van der Waals surface area contributed by atoms with Gasteiger partial charge in [0.1, 0.15) is 6.04 Å². The van der Waals surface area contributed by atoms with E-state index in [0.717, 1.165) is 4.90 Å². The molecule has 2 aromatic heterocycles. The first-order chi connectivity index (χ1) is 17.5. The van der Waals surface area contributed by atoms with Gasteiger partial charge in [-0.1, -0.05) is 0 Å². The summed E-state index contributed by atoms with van der Waals surface area (Å²) in [5.74, 6) is -6.78. The quantitative estimate of drug-likeness (QED) is 0.187. The van der Waals surface area contributed by atoms with E-state index in [2.05, 4.69) is 25.3 Å². The standard InChI is InChI=1S/C21H19N7O9/c22-21-26-15-14(17(32)27-21)24-10(7-23-15)8-28(18(33)20(36)37)11-3-1-9(2-4-11)16(31)25-12(19(34)35)5-6-13(29)30/h1-4,7,12H,5-6,8H2,(H,25,31)(H,29,30)(H,34,35)(H,36,37)(H3,22,23,26,27,32)/t12-/m0/s1. The van der Waals surface area contributed by atoms with Crippen molar-refractivity contribution >= 4 is 52.5 Å². The number of nitrogens with two attached hydrogens (primary N) is 1. The molecule has 0 saturated heterocycles. The lowest BCUT2D eigenvalue weighted by molar-refractivity contribution is -0.148. The van der Waals surface area contributed by atoms with E-state index < -0.39 is 54.3 Å². The fraction of sp³-hybridized carbons (Fsp3) is 0.190. The van der Waals surface area contributed by atoms with E-state index in [-0.39, 0.29) is 40.5 Å². The highest BCUT2D eigenvalue weighted by molar-refractivity contribution is 6.37. The van der Waals surface area contributed by atoms with E-state index in [9.17, 15) is 39.0 Å². The second-order valence-electron chi connectivity index (χ2n) is 7.52. The fourth-order valence-corrected chi connectivity index (χ4v) is 3.16. The SMILES string of the molecule is Nc1nc2ncc(CN(C(=O)C(=O)O)c3ccc(C(=O)N[C@@H](CCC(=O)O)C(=O)O)cc3)nc2c(=O)[nH]1. The van der Waals surface area contributed by atoms with Crippen LogP contribution in [0.4, 0.5) is 11.6 Å². The highest BCUT2D eigenvalue weighted by Crippen LogP contribution is 2.19. The third-order valence-electron chi connectivity index (χ3n) is 4.93. The van der Waals surface area contributed by atoms with Crippen molar-refractivity contribution in [1.29, 1.82) is 0 Å². The van der Waals surface area contributed by atoms with Crippen molar-refractivity contribution in [3.05, 3.63) is 52.1 Å². The molecule has 0 bridgehead atoms. The average molecular weight is 513 g/mol. The number of hydrogen-bond acceptors (Lipinski definition) is 10. The summed E-state index contributed by atoms with van der Waals surface area (Å²) in [6, 6.07) is 3.46. The number of aromatic nitrogens is 4. The van der Waals surface area contributed by atoms with Crippen LogP contribution in [0.15, 0.2) is 35.3 Å². The van der Waals surface area contributed by atoms with Crippen LogP contribution in [0.1, 0.15) is 28.9 Å². The molecule has 3 aromatic rings. The van der Waals surface area contributed by atoms with Crippen molar-refractivity contribution in [3.63, 3.8) is 0 Å². The average Bonchev–Trinajstić information content (AvgIpc) is 2.84. The van der Waals surface area contributed by atoms with Gasteiger partial charge in [0.25, 0.3) is 11.5 Å². The van der Waals surface area contributed by atoms with E-state index in [1.807, 2.05) is 0 Å². The summed E-state index contributed by atoms with van der Waals surface area (Å²) in [6.45, 7) is -0.417. The van der Waals surface area contributed by atoms with Crippen LogP contribution in [0.25, 0.3) is 11.2 Å². The van der Waals surface area contributed by atoms with Crippen LogP contribution in [-0.2, 0) is 25.7 Å². The maximum Gasteiger partial charge on any atom is 0.394 e. The molecule has 7 N–H and O–H groups in total. The minimum absolute atomic E-state index is 0.0336. The number of anilines is 2. The maximum atomic E-state index is 12.4. The first kappa shape index (κ1) is 26.2. The van der Waals surface area contributed by atoms with Gasteiger partial charge >= 0.3 is 23.8 Å². The molecule has 0 fully saturated rings. The summed E-state index contributed by atoms with van der Waals surface area (Å²) >= 11 is 0. The van der Waals surface area contributed by atoms with Gasteiger partial charge in [0.2, 0.25) is 5.95 Å². The van der Waals surface area contributed by atoms with Gasteiger partial charge in [-0.05, 0) is 30.7 Å². The number of carboxylic acids is 3. The Morgan fingerprint density at radius 2 is 1.73 bits per heavy atom. The molecule has 0 aliphatic carbocycles. The Morgan fingerprint density at radius 3 is 2.32 bits per heavy atom. The molecule has 0 saturated carbocycles. The highest BCUT2D eigenvalue weighted by Gasteiger charge is 2.25. The molecule has 3 rings (SSSR count). The second-order valence-corrected chi connectivity index (χ2v) is 7.52. The number of nitrogens with zero attached hydrogens (tertiary/aromatic N) is 4. The Labute approximate surface area is 205 Å². The van der Waals surface area contributed by atoms with Crippen molar-refractivity contribution in [3.8, 4) is 0 Å².